The molecular formula is C17H26F2O2S. The van der Waals surface area contributed by atoms with E-state index in [1.807, 2.05) is 13.8 Å². The Kier molecular flexibility index (Phi) is 6.56. The smallest absolute Gasteiger partial charge is 0.132 e. The van der Waals surface area contributed by atoms with Crippen LogP contribution >= 0.6 is 10.3 Å². The Morgan fingerprint density at radius 2 is 1.73 bits per heavy atom. The van der Waals surface area contributed by atoms with Crippen LogP contribution in [0.3, 0.4) is 0 Å². The highest BCUT2D eigenvalue weighted by Crippen LogP contribution is 2.72. The second-order valence-corrected chi connectivity index (χ2v) is 9.81. The first kappa shape index (κ1) is 19.1. The SMILES string of the molecule is CC.CC(C)(C)S1(OC(CC=O)c2c(F)cccc2F)CC1. The van der Waals surface area contributed by atoms with Crippen molar-refractivity contribution in [2.24, 2.45) is 0 Å². The third kappa shape index (κ3) is 4.07. The lowest BCUT2D eigenvalue weighted by Gasteiger charge is -2.38. The number of rotatable bonds is 5. The molecular weight excluding hydrogens is 306 g/mol. The van der Waals surface area contributed by atoms with Crippen molar-refractivity contribution in [3.63, 3.8) is 0 Å². The third-order valence-electron chi connectivity index (χ3n) is 3.62. The van der Waals surface area contributed by atoms with Gasteiger partial charge in [-0.05, 0) is 12.1 Å². The first-order valence-electron chi connectivity index (χ1n) is 7.65. The van der Waals surface area contributed by atoms with E-state index < -0.39 is 28.0 Å². The molecule has 0 bridgehead atoms. The zero-order valence-electron chi connectivity index (χ0n) is 14.0. The molecule has 1 saturated heterocycles. The molecule has 1 aliphatic heterocycles. The van der Waals surface area contributed by atoms with Crippen LogP contribution in [0.1, 0.15) is 52.7 Å². The predicted octanol–water partition coefficient (Wildman–Crippen LogP) is 5.17. The molecule has 1 aromatic rings. The number of hydrogen-bond acceptors (Lipinski definition) is 2. The van der Waals surface area contributed by atoms with Crippen LogP contribution < -0.4 is 0 Å². The first-order chi connectivity index (χ1) is 10.3. The van der Waals surface area contributed by atoms with Crippen molar-refractivity contribution in [2.75, 3.05) is 11.5 Å². The first-order valence-corrected chi connectivity index (χ1v) is 9.54. The van der Waals surface area contributed by atoms with Crippen molar-refractivity contribution in [3.8, 4) is 0 Å². The van der Waals surface area contributed by atoms with E-state index in [1.54, 1.807) is 0 Å². The lowest BCUT2D eigenvalue weighted by atomic mass is 10.1. The lowest BCUT2D eigenvalue weighted by Crippen LogP contribution is -2.21. The molecule has 0 saturated carbocycles. The Labute approximate surface area is 133 Å². The van der Waals surface area contributed by atoms with Crippen molar-refractivity contribution < 1.29 is 17.8 Å². The Balaban J connectivity index is 0.00000116. The Bertz CT molecular complexity index is 488. The van der Waals surface area contributed by atoms with Crippen LogP contribution in [0.5, 0.6) is 0 Å². The largest absolute Gasteiger partial charge is 0.327 e. The van der Waals surface area contributed by atoms with E-state index in [-0.39, 0.29) is 16.7 Å². The van der Waals surface area contributed by atoms with Gasteiger partial charge in [0.1, 0.15) is 24.0 Å². The molecule has 2 rings (SSSR count). The molecule has 1 unspecified atom stereocenters. The third-order valence-corrected chi connectivity index (χ3v) is 7.61. The summed E-state index contributed by atoms with van der Waals surface area (Å²) in [6, 6.07) is 3.72. The molecule has 2 nitrogen and oxygen atoms in total. The molecule has 0 spiro atoms. The number of benzene rings is 1. The summed E-state index contributed by atoms with van der Waals surface area (Å²) in [7, 11) is -1.34. The zero-order valence-corrected chi connectivity index (χ0v) is 14.8. The van der Waals surface area contributed by atoms with E-state index >= 15 is 0 Å². The molecule has 0 radical (unpaired) electrons. The minimum atomic E-state index is -1.34. The molecule has 1 atom stereocenters. The van der Waals surface area contributed by atoms with Gasteiger partial charge in [-0.3, -0.25) is 0 Å². The van der Waals surface area contributed by atoms with Crippen LogP contribution in [-0.4, -0.2) is 22.5 Å². The van der Waals surface area contributed by atoms with Gasteiger partial charge in [0.05, 0.1) is 5.56 Å². The van der Waals surface area contributed by atoms with Gasteiger partial charge in [-0.2, -0.15) is 0 Å². The van der Waals surface area contributed by atoms with Gasteiger partial charge in [0.2, 0.25) is 0 Å². The van der Waals surface area contributed by atoms with E-state index in [1.165, 1.54) is 18.2 Å². The minimum Gasteiger partial charge on any atom is -0.327 e. The van der Waals surface area contributed by atoms with E-state index in [2.05, 4.69) is 20.8 Å². The van der Waals surface area contributed by atoms with E-state index in [0.29, 0.717) is 6.29 Å². The highest BCUT2D eigenvalue weighted by atomic mass is 32.3. The maximum Gasteiger partial charge on any atom is 0.132 e. The summed E-state index contributed by atoms with van der Waals surface area (Å²) in [5.41, 5.74) is -0.123. The van der Waals surface area contributed by atoms with Crippen LogP contribution in [0.15, 0.2) is 18.2 Å². The molecule has 0 amide bonds. The predicted molar refractivity (Wildman–Crippen MR) is 89.3 cm³/mol. The van der Waals surface area contributed by atoms with E-state index in [9.17, 15) is 13.6 Å². The van der Waals surface area contributed by atoms with Gasteiger partial charge in [0.25, 0.3) is 0 Å². The standard InChI is InChI=1S/C15H20F2O2S.C2H6/c1-15(2,3)20(9-10-20)19-13(7-8-18)14-11(16)5-4-6-12(14)17;1-2/h4-6,8,13H,7,9-10H2,1-3H3;1-2H3. The summed E-state index contributed by atoms with van der Waals surface area (Å²) in [5, 5.41) is 0. The molecule has 1 fully saturated rings. The van der Waals surface area contributed by atoms with Gasteiger partial charge < -0.3 is 8.98 Å². The second kappa shape index (κ2) is 7.55. The van der Waals surface area contributed by atoms with Crippen molar-refractivity contribution in [1.82, 2.24) is 0 Å². The fourth-order valence-electron chi connectivity index (χ4n) is 2.26. The molecule has 5 heteroatoms. The summed E-state index contributed by atoms with van der Waals surface area (Å²) in [4.78, 5) is 10.9. The van der Waals surface area contributed by atoms with Gasteiger partial charge in [0, 0.05) is 22.7 Å². The van der Waals surface area contributed by atoms with Gasteiger partial charge in [-0.25, -0.2) is 8.78 Å². The fraction of sp³-hybridized carbons (Fsp3) is 0.588. The number of halogens is 2. The Morgan fingerprint density at radius 1 is 1.23 bits per heavy atom. The van der Waals surface area contributed by atoms with Crippen LogP contribution in [0, 0.1) is 11.6 Å². The molecule has 1 heterocycles. The highest BCUT2D eigenvalue weighted by molar-refractivity contribution is 8.36. The summed E-state index contributed by atoms with van der Waals surface area (Å²) >= 11 is 0. The van der Waals surface area contributed by atoms with Crippen molar-refractivity contribution in [2.45, 2.75) is 51.9 Å². The summed E-state index contributed by atoms with van der Waals surface area (Å²) in [5.74, 6) is 0.561. The molecule has 0 N–H and O–H groups in total. The van der Waals surface area contributed by atoms with Crippen molar-refractivity contribution in [3.05, 3.63) is 35.4 Å². The summed E-state index contributed by atoms with van der Waals surface area (Å²) < 4.78 is 33.8. The highest BCUT2D eigenvalue weighted by Gasteiger charge is 2.50. The molecule has 0 aliphatic carbocycles. The second-order valence-electron chi connectivity index (χ2n) is 5.96. The fourth-order valence-corrected chi connectivity index (χ4v) is 5.19. The van der Waals surface area contributed by atoms with Crippen molar-refractivity contribution >= 4 is 16.6 Å². The van der Waals surface area contributed by atoms with E-state index in [0.717, 1.165) is 11.5 Å². The van der Waals surface area contributed by atoms with E-state index in [4.69, 9.17) is 4.18 Å². The topological polar surface area (TPSA) is 26.3 Å². The van der Waals surface area contributed by atoms with Crippen LogP contribution in [-0.2, 0) is 8.98 Å². The minimum absolute atomic E-state index is 0.0251. The van der Waals surface area contributed by atoms with Gasteiger partial charge in [-0.15, -0.1) is 10.3 Å². The average molecular weight is 332 g/mol. The van der Waals surface area contributed by atoms with Crippen LogP contribution in [0.2, 0.25) is 0 Å². The maximum absolute atomic E-state index is 13.9. The maximum atomic E-state index is 13.9. The molecule has 1 aliphatic rings. The van der Waals surface area contributed by atoms with Crippen LogP contribution in [0.4, 0.5) is 8.78 Å². The van der Waals surface area contributed by atoms with Gasteiger partial charge in [0.15, 0.2) is 0 Å². The Hall–Kier alpha value is -0.940. The van der Waals surface area contributed by atoms with Crippen molar-refractivity contribution in [1.29, 1.82) is 0 Å². The average Bonchev–Trinajstić information content (AvgIpc) is 3.21. The normalized spacial score (nSPS) is 18.7. The molecule has 22 heavy (non-hydrogen) atoms. The van der Waals surface area contributed by atoms with Gasteiger partial charge >= 0.3 is 0 Å². The number of aldehydes is 1. The number of carbonyl (C=O) groups excluding carboxylic acids is 1. The Morgan fingerprint density at radius 3 is 2.09 bits per heavy atom. The molecule has 126 valence electrons. The molecule has 0 aromatic heterocycles. The summed E-state index contributed by atoms with van der Waals surface area (Å²) in [6.07, 6.45) is -0.192. The van der Waals surface area contributed by atoms with Crippen LogP contribution in [0.25, 0.3) is 0 Å². The zero-order chi connectivity index (χ0) is 17.0. The quantitative estimate of drug-likeness (QED) is 0.549. The summed E-state index contributed by atoms with van der Waals surface area (Å²) in [6.45, 7) is 10.2. The number of hydrogen-bond donors (Lipinski definition) is 0. The lowest BCUT2D eigenvalue weighted by molar-refractivity contribution is -0.109. The molecule has 1 aromatic carbocycles. The number of carbonyl (C=O) groups is 1. The van der Waals surface area contributed by atoms with Gasteiger partial charge in [-0.1, -0.05) is 40.7 Å². The monoisotopic (exact) mass is 332 g/mol.